The minimum absolute atomic E-state index is 0.654. The fraction of sp³-hybridized carbons (Fsp3) is 0.120. The quantitative estimate of drug-likeness (QED) is 0.321. The molecular formula is C25H21N5O2S. The lowest BCUT2D eigenvalue weighted by molar-refractivity contribution is 0.415. The Morgan fingerprint density at radius 2 is 1.82 bits per heavy atom. The minimum atomic E-state index is 0.654. The average Bonchev–Trinajstić information content (AvgIpc) is 3.28. The molecule has 3 aromatic heterocycles. The predicted octanol–water partition coefficient (Wildman–Crippen LogP) is 6.31. The average molecular weight is 456 g/mol. The number of fused-ring (bicyclic) bond motifs is 1. The van der Waals surface area contributed by atoms with E-state index in [9.17, 15) is 0 Å². The highest BCUT2D eigenvalue weighted by atomic mass is 32.1. The zero-order chi connectivity index (χ0) is 22.8. The third-order valence-corrected chi connectivity index (χ3v) is 6.07. The van der Waals surface area contributed by atoms with Gasteiger partial charge in [-0.15, -0.1) is 0 Å². The maximum Gasteiger partial charge on any atom is 0.161 e. The topological polar surface area (TPSA) is 82.0 Å². The Kier molecular flexibility index (Phi) is 5.58. The lowest BCUT2D eigenvalue weighted by atomic mass is 10.2. The Bertz CT molecular complexity index is 1430. The van der Waals surface area contributed by atoms with Gasteiger partial charge in [-0.25, -0.2) is 15.0 Å². The number of aryl methyl sites for hydroxylation is 2. The SMILES string of the molecule is COc1cccc(-c2nc3c(Nc4ccc(Oc5ccc(C)nc5)c(C)c4)ncnc3s2)c1. The second-order valence-corrected chi connectivity index (χ2v) is 8.45. The standard InChI is InChI=1S/C25H21N5O2S/c1-15-11-18(8-10-21(15)32-20-9-7-16(2)26-13-20)29-23-22-25(28-14-27-23)33-24(30-22)17-5-4-6-19(12-17)31-3/h4-14H,1-3H3,(H,27,28,29). The highest BCUT2D eigenvalue weighted by Gasteiger charge is 2.13. The molecule has 0 aliphatic carbocycles. The molecule has 0 atom stereocenters. The number of pyridine rings is 1. The van der Waals surface area contributed by atoms with Crippen LogP contribution in [0.25, 0.3) is 20.9 Å². The number of nitrogens with zero attached hydrogens (tertiary/aromatic N) is 4. The minimum Gasteiger partial charge on any atom is -0.497 e. The second-order valence-electron chi connectivity index (χ2n) is 7.47. The monoisotopic (exact) mass is 455 g/mol. The number of methoxy groups -OCH3 is 1. The van der Waals surface area contributed by atoms with Crippen LogP contribution in [0.1, 0.15) is 11.3 Å². The molecule has 2 aromatic carbocycles. The number of hydrogen-bond acceptors (Lipinski definition) is 8. The van der Waals surface area contributed by atoms with Crippen molar-refractivity contribution in [3.05, 3.63) is 78.4 Å². The first-order chi connectivity index (χ1) is 16.1. The summed E-state index contributed by atoms with van der Waals surface area (Å²) in [6, 6.07) is 17.6. The number of hydrogen-bond donors (Lipinski definition) is 1. The Labute approximate surface area is 195 Å². The maximum atomic E-state index is 5.97. The van der Waals surface area contributed by atoms with Crippen molar-refractivity contribution in [1.82, 2.24) is 19.9 Å². The molecule has 5 aromatic rings. The van der Waals surface area contributed by atoms with Crippen LogP contribution in [0.5, 0.6) is 17.2 Å². The van der Waals surface area contributed by atoms with Crippen molar-refractivity contribution in [1.29, 1.82) is 0 Å². The van der Waals surface area contributed by atoms with Gasteiger partial charge in [0.25, 0.3) is 0 Å². The summed E-state index contributed by atoms with van der Waals surface area (Å²) in [5, 5.41) is 4.23. The fourth-order valence-electron chi connectivity index (χ4n) is 3.35. The van der Waals surface area contributed by atoms with Gasteiger partial charge in [0.1, 0.15) is 38.9 Å². The molecule has 0 saturated heterocycles. The molecule has 33 heavy (non-hydrogen) atoms. The van der Waals surface area contributed by atoms with Gasteiger partial charge in [-0.1, -0.05) is 23.5 Å². The van der Waals surface area contributed by atoms with Crippen LogP contribution in [0.15, 0.2) is 67.1 Å². The van der Waals surface area contributed by atoms with Crippen molar-refractivity contribution in [3.8, 4) is 27.8 Å². The number of aromatic nitrogens is 4. The number of nitrogens with one attached hydrogen (secondary N) is 1. The number of anilines is 2. The largest absolute Gasteiger partial charge is 0.497 e. The smallest absolute Gasteiger partial charge is 0.161 e. The second kappa shape index (κ2) is 8.84. The first kappa shape index (κ1) is 20.8. The third-order valence-electron chi connectivity index (χ3n) is 5.06. The summed E-state index contributed by atoms with van der Waals surface area (Å²) in [5.41, 5.74) is 4.53. The van der Waals surface area contributed by atoms with E-state index in [-0.39, 0.29) is 0 Å². The molecule has 0 radical (unpaired) electrons. The summed E-state index contributed by atoms with van der Waals surface area (Å²) in [6.07, 6.45) is 3.27. The van der Waals surface area contributed by atoms with Crippen LogP contribution in [0.3, 0.4) is 0 Å². The van der Waals surface area contributed by atoms with E-state index in [1.807, 2.05) is 68.4 Å². The normalized spacial score (nSPS) is 10.9. The highest BCUT2D eigenvalue weighted by Crippen LogP contribution is 2.34. The molecule has 0 fully saturated rings. The van der Waals surface area contributed by atoms with Crippen LogP contribution in [0, 0.1) is 13.8 Å². The molecule has 0 spiro atoms. The number of ether oxygens (including phenoxy) is 2. The molecular weight excluding hydrogens is 434 g/mol. The first-order valence-electron chi connectivity index (χ1n) is 10.3. The van der Waals surface area contributed by atoms with E-state index in [4.69, 9.17) is 14.5 Å². The lowest BCUT2D eigenvalue weighted by Gasteiger charge is -2.11. The maximum absolute atomic E-state index is 5.97. The van der Waals surface area contributed by atoms with Gasteiger partial charge in [0.15, 0.2) is 5.82 Å². The summed E-state index contributed by atoms with van der Waals surface area (Å²) in [7, 11) is 1.65. The molecule has 0 aliphatic rings. The van der Waals surface area contributed by atoms with Crippen LogP contribution in [-0.2, 0) is 0 Å². The number of rotatable bonds is 6. The van der Waals surface area contributed by atoms with E-state index in [2.05, 4.69) is 20.3 Å². The lowest BCUT2D eigenvalue weighted by Crippen LogP contribution is -1.97. The molecule has 0 bridgehead atoms. The van der Waals surface area contributed by atoms with E-state index >= 15 is 0 Å². The zero-order valence-corrected chi connectivity index (χ0v) is 19.2. The van der Waals surface area contributed by atoms with Gasteiger partial charge in [-0.05, 0) is 61.9 Å². The van der Waals surface area contributed by atoms with Crippen LogP contribution >= 0.6 is 11.3 Å². The fourth-order valence-corrected chi connectivity index (χ4v) is 4.25. The highest BCUT2D eigenvalue weighted by molar-refractivity contribution is 7.21. The van der Waals surface area contributed by atoms with Crippen molar-refractivity contribution in [3.63, 3.8) is 0 Å². The van der Waals surface area contributed by atoms with Gasteiger partial charge in [0, 0.05) is 16.9 Å². The van der Waals surface area contributed by atoms with Crippen molar-refractivity contribution < 1.29 is 9.47 Å². The van der Waals surface area contributed by atoms with Crippen LogP contribution < -0.4 is 14.8 Å². The summed E-state index contributed by atoms with van der Waals surface area (Å²) in [5.74, 6) is 2.92. The van der Waals surface area contributed by atoms with Crippen LogP contribution in [-0.4, -0.2) is 27.0 Å². The first-order valence-corrected chi connectivity index (χ1v) is 11.1. The van der Waals surface area contributed by atoms with Crippen molar-refractivity contribution in [2.75, 3.05) is 12.4 Å². The van der Waals surface area contributed by atoms with E-state index in [0.29, 0.717) is 11.6 Å². The molecule has 1 N–H and O–H groups in total. The summed E-state index contributed by atoms with van der Waals surface area (Å²) >= 11 is 1.52. The molecule has 0 amide bonds. The van der Waals surface area contributed by atoms with Gasteiger partial charge in [-0.3, -0.25) is 4.98 Å². The molecule has 164 valence electrons. The third kappa shape index (κ3) is 4.47. The molecule has 0 saturated carbocycles. The van der Waals surface area contributed by atoms with Gasteiger partial charge in [-0.2, -0.15) is 0 Å². The molecule has 7 nitrogen and oxygen atoms in total. The number of benzene rings is 2. The molecule has 0 unspecified atom stereocenters. The Hall–Kier alpha value is -4.04. The van der Waals surface area contributed by atoms with E-state index in [0.717, 1.165) is 49.4 Å². The van der Waals surface area contributed by atoms with Crippen molar-refractivity contribution in [2.45, 2.75) is 13.8 Å². The van der Waals surface area contributed by atoms with E-state index < -0.39 is 0 Å². The summed E-state index contributed by atoms with van der Waals surface area (Å²) in [4.78, 5) is 18.7. The van der Waals surface area contributed by atoms with Gasteiger partial charge < -0.3 is 14.8 Å². The van der Waals surface area contributed by atoms with Crippen LogP contribution in [0.2, 0.25) is 0 Å². The van der Waals surface area contributed by atoms with Gasteiger partial charge in [0.2, 0.25) is 0 Å². The van der Waals surface area contributed by atoms with Crippen LogP contribution in [0.4, 0.5) is 11.5 Å². The summed E-state index contributed by atoms with van der Waals surface area (Å²) in [6.45, 7) is 3.95. The Morgan fingerprint density at radius 3 is 2.61 bits per heavy atom. The van der Waals surface area contributed by atoms with E-state index in [1.165, 1.54) is 11.3 Å². The molecule has 0 aliphatic heterocycles. The Balaban J connectivity index is 1.41. The predicted molar refractivity (Wildman–Crippen MR) is 131 cm³/mol. The molecule has 3 heterocycles. The van der Waals surface area contributed by atoms with Crippen molar-refractivity contribution in [2.24, 2.45) is 0 Å². The number of thiazole rings is 1. The van der Waals surface area contributed by atoms with E-state index in [1.54, 1.807) is 19.6 Å². The van der Waals surface area contributed by atoms with Crippen molar-refractivity contribution >= 4 is 33.2 Å². The molecule has 8 heteroatoms. The van der Waals surface area contributed by atoms with Gasteiger partial charge in [0.05, 0.1) is 13.3 Å². The summed E-state index contributed by atoms with van der Waals surface area (Å²) < 4.78 is 11.3. The van der Waals surface area contributed by atoms with Gasteiger partial charge >= 0.3 is 0 Å². The zero-order valence-electron chi connectivity index (χ0n) is 18.4. The molecule has 5 rings (SSSR count). The Morgan fingerprint density at radius 1 is 0.909 bits per heavy atom.